The summed E-state index contributed by atoms with van der Waals surface area (Å²) in [6.45, 7) is 2.67. The van der Waals surface area contributed by atoms with Gasteiger partial charge in [0.1, 0.15) is 5.76 Å². The number of nitrogens with one attached hydrogen (secondary N) is 1. The van der Waals surface area contributed by atoms with Crippen LogP contribution in [0.4, 0.5) is 4.79 Å². The molecule has 1 saturated heterocycles. The summed E-state index contributed by atoms with van der Waals surface area (Å²) in [5.74, 6) is 0.660. The predicted octanol–water partition coefficient (Wildman–Crippen LogP) is 3.73. The van der Waals surface area contributed by atoms with Crippen LogP contribution in [-0.2, 0) is 4.79 Å². The number of aliphatic hydroxyl groups excluding tert-OH is 1. The Morgan fingerprint density at radius 2 is 1.93 bits per heavy atom. The molecule has 0 aromatic rings. The third-order valence-electron chi connectivity index (χ3n) is 6.24. The van der Waals surface area contributed by atoms with E-state index in [2.05, 4.69) is 5.43 Å². The number of carbonyl (C=O) groups is 2. The average molecular weight is 412 g/mol. The van der Waals surface area contributed by atoms with Crippen LogP contribution in [0.1, 0.15) is 64.7 Å². The van der Waals surface area contributed by atoms with Gasteiger partial charge in [-0.05, 0) is 44.8 Å². The molecule has 0 bridgehead atoms. The lowest BCUT2D eigenvalue weighted by Crippen LogP contribution is -2.43. The van der Waals surface area contributed by atoms with Crippen LogP contribution >= 0.6 is 11.8 Å². The summed E-state index contributed by atoms with van der Waals surface area (Å²) >= 11 is 1.83. The molecule has 0 aromatic carbocycles. The number of allylic oxidation sites excluding steroid dienone is 1. The van der Waals surface area contributed by atoms with Crippen molar-refractivity contribution in [3.8, 4) is 0 Å². The van der Waals surface area contributed by atoms with Crippen LogP contribution in [-0.4, -0.2) is 61.8 Å². The Labute approximate surface area is 171 Å². The Hall–Kier alpha value is -1.57. The van der Waals surface area contributed by atoms with Crippen molar-refractivity contribution in [1.82, 2.24) is 15.3 Å². The molecular formula is C20H33N3O4S. The lowest BCUT2D eigenvalue weighted by Gasteiger charge is -2.25. The molecule has 2 saturated carbocycles. The molecular weight excluding hydrogens is 378 g/mol. The SMILES string of the molecule is CCN1C(=O)N(NC=C(O)C2CCCCC2)C2CC(SCCCC(=O)O)CC21. The highest BCUT2D eigenvalue weighted by Gasteiger charge is 2.50. The summed E-state index contributed by atoms with van der Waals surface area (Å²) < 4.78 is 0. The fourth-order valence-corrected chi connectivity index (χ4v) is 6.08. The maximum atomic E-state index is 12.8. The zero-order valence-corrected chi connectivity index (χ0v) is 17.5. The topological polar surface area (TPSA) is 93.1 Å². The highest BCUT2D eigenvalue weighted by molar-refractivity contribution is 7.99. The molecule has 2 amide bonds. The minimum atomic E-state index is -0.744. The second-order valence-corrected chi connectivity index (χ2v) is 9.48. The van der Waals surface area contributed by atoms with E-state index in [0.29, 0.717) is 24.0 Å². The summed E-state index contributed by atoms with van der Waals surface area (Å²) in [6, 6.07) is 0.270. The molecule has 28 heavy (non-hydrogen) atoms. The van der Waals surface area contributed by atoms with Crippen molar-refractivity contribution in [3.05, 3.63) is 12.0 Å². The van der Waals surface area contributed by atoms with Gasteiger partial charge in [0.25, 0.3) is 0 Å². The number of carbonyl (C=O) groups excluding carboxylic acids is 1. The number of fused-ring (bicyclic) bond motifs is 1. The zero-order valence-electron chi connectivity index (χ0n) is 16.7. The van der Waals surface area contributed by atoms with Gasteiger partial charge in [0.15, 0.2) is 0 Å². The smallest absolute Gasteiger partial charge is 0.339 e. The number of nitrogens with zero attached hydrogens (tertiary/aromatic N) is 2. The first kappa shape index (κ1) is 21.1. The summed E-state index contributed by atoms with van der Waals surface area (Å²) in [7, 11) is 0. The average Bonchev–Trinajstić information content (AvgIpc) is 3.19. The number of hydrazine groups is 1. The fourth-order valence-electron chi connectivity index (χ4n) is 4.77. The van der Waals surface area contributed by atoms with Crippen molar-refractivity contribution in [1.29, 1.82) is 0 Å². The molecule has 0 spiro atoms. The van der Waals surface area contributed by atoms with E-state index in [4.69, 9.17) is 5.11 Å². The number of aliphatic carboxylic acids is 1. The van der Waals surface area contributed by atoms with Gasteiger partial charge >= 0.3 is 12.0 Å². The number of urea groups is 1. The van der Waals surface area contributed by atoms with E-state index in [9.17, 15) is 14.7 Å². The van der Waals surface area contributed by atoms with Crippen molar-refractivity contribution in [3.63, 3.8) is 0 Å². The summed E-state index contributed by atoms with van der Waals surface area (Å²) in [6.07, 6.45) is 9.93. The second-order valence-electron chi connectivity index (χ2n) is 8.07. The highest BCUT2D eigenvalue weighted by Crippen LogP contribution is 2.40. The van der Waals surface area contributed by atoms with Gasteiger partial charge in [0.2, 0.25) is 0 Å². The first-order chi connectivity index (χ1) is 13.5. The first-order valence-corrected chi connectivity index (χ1v) is 11.6. The molecule has 3 rings (SSSR count). The Kier molecular flexibility index (Phi) is 7.37. The minimum Gasteiger partial charge on any atom is -0.510 e. The number of amides is 2. The monoisotopic (exact) mass is 411 g/mol. The Balaban J connectivity index is 1.57. The zero-order chi connectivity index (χ0) is 20.1. The molecule has 3 fully saturated rings. The van der Waals surface area contributed by atoms with Gasteiger partial charge in [-0.1, -0.05) is 19.3 Å². The molecule has 0 aromatic heterocycles. The van der Waals surface area contributed by atoms with Gasteiger partial charge in [0, 0.05) is 24.1 Å². The van der Waals surface area contributed by atoms with E-state index >= 15 is 0 Å². The third-order valence-corrected chi connectivity index (χ3v) is 7.62. The number of hydrogen-bond donors (Lipinski definition) is 3. The number of thioether (sulfide) groups is 1. The van der Waals surface area contributed by atoms with Gasteiger partial charge in [-0.15, -0.1) is 0 Å². The van der Waals surface area contributed by atoms with E-state index in [0.717, 1.165) is 44.3 Å². The second kappa shape index (κ2) is 9.76. The van der Waals surface area contributed by atoms with Gasteiger partial charge < -0.3 is 15.1 Å². The standard InChI is InChI=1S/C20H33N3O4S/c1-2-22-16-11-15(28-10-6-9-19(25)26)12-17(16)23(20(22)27)21-13-18(24)14-7-4-3-5-8-14/h13-17,21,24H,2-12H2,1H3,(H,25,26). The van der Waals surface area contributed by atoms with Crippen molar-refractivity contribution in [2.24, 2.45) is 5.92 Å². The molecule has 0 radical (unpaired) electrons. The predicted molar refractivity (Wildman–Crippen MR) is 110 cm³/mol. The van der Waals surface area contributed by atoms with Crippen molar-refractivity contribution < 1.29 is 19.8 Å². The molecule has 158 valence electrons. The van der Waals surface area contributed by atoms with Gasteiger partial charge in [-0.3, -0.25) is 10.2 Å². The van der Waals surface area contributed by atoms with E-state index in [1.54, 1.807) is 11.2 Å². The van der Waals surface area contributed by atoms with Crippen LogP contribution in [0.2, 0.25) is 0 Å². The Morgan fingerprint density at radius 3 is 2.61 bits per heavy atom. The molecule has 2 aliphatic carbocycles. The van der Waals surface area contributed by atoms with Gasteiger partial charge in [0.05, 0.1) is 18.3 Å². The third kappa shape index (κ3) is 4.88. The minimum absolute atomic E-state index is 0.0143. The van der Waals surface area contributed by atoms with E-state index in [1.165, 1.54) is 6.42 Å². The largest absolute Gasteiger partial charge is 0.510 e. The van der Waals surface area contributed by atoms with Gasteiger partial charge in [-0.2, -0.15) is 11.8 Å². The molecule has 3 aliphatic rings. The fraction of sp³-hybridized carbons (Fsp3) is 0.800. The van der Waals surface area contributed by atoms with E-state index in [1.807, 2.05) is 23.6 Å². The Morgan fingerprint density at radius 1 is 1.21 bits per heavy atom. The molecule has 1 heterocycles. The highest BCUT2D eigenvalue weighted by atomic mass is 32.2. The number of likely N-dealkylation sites (N-methyl/N-ethyl adjacent to an activating group) is 1. The van der Waals surface area contributed by atoms with Crippen LogP contribution in [0.25, 0.3) is 0 Å². The summed E-state index contributed by atoms with van der Waals surface area (Å²) in [4.78, 5) is 25.4. The van der Waals surface area contributed by atoms with Crippen LogP contribution in [0.15, 0.2) is 12.0 Å². The number of aliphatic hydroxyl groups is 1. The van der Waals surface area contributed by atoms with E-state index in [-0.39, 0.29) is 30.5 Å². The molecule has 3 N–H and O–H groups in total. The Bertz CT molecular complexity index is 594. The van der Waals surface area contributed by atoms with Crippen LogP contribution in [0, 0.1) is 5.92 Å². The molecule has 1 aliphatic heterocycles. The van der Waals surface area contributed by atoms with Crippen molar-refractivity contribution >= 4 is 23.8 Å². The number of carboxylic acid groups (broad SMARTS) is 1. The molecule has 3 unspecified atom stereocenters. The quantitative estimate of drug-likeness (QED) is 0.395. The van der Waals surface area contributed by atoms with Crippen LogP contribution < -0.4 is 5.43 Å². The number of carboxylic acids is 1. The normalized spacial score (nSPS) is 28.7. The summed E-state index contributed by atoms with van der Waals surface area (Å²) in [5, 5.41) is 21.3. The van der Waals surface area contributed by atoms with Crippen molar-refractivity contribution in [2.45, 2.75) is 82.0 Å². The molecule has 3 atom stereocenters. The van der Waals surface area contributed by atoms with Crippen LogP contribution in [0.3, 0.4) is 0 Å². The first-order valence-electron chi connectivity index (χ1n) is 10.6. The number of rotatable bonds is 9. The molecule has 8 heteroatoms. The van der Waals surface area contributed by atoms with Crippen LogP contribution in [0.5, 0.6) is 0 Å². The molecule has 7 nitrogen and oxygen atoms in total. The maximum Gasteiger partial charge on any atom is 0.339 e. The lowest BCUT2D eigenvalue weighted by molar-refractivity contribution is -0.137. The lowest BCUT2D eigenvalue weighted by atomic mass is 9.88. The maximum absolute atomic E-state index is 12.8. The summed E-state index contributed by atoms with van der Waals surface area (Å²) in [5.41, 5.74) is 3.11. The number of hydrogen-bond acceptors (Lipinski definition) is 5. The van der Waals surface area contributed by atoms with Crippen molar-refractivity contribution in [2.75, 3.05) is 12.3 Å². The van der Waals surface area contributed by atoms with E-state index < -0.39 is 5.97 Å². The van der Waals surface area contributed by atoms with Gasteiger partial charge in [-0.25, -0.2) is 9.80 Å².